The molecule has 1 saturated carbocycles. The molecule has 2 heterocycles. The van der Waals surface area contributed by atoms with Crippen molar-refractivity contribution < 1.29 is 4.39 Å². The van der Waals surface area contributed by atoms with Crippen LogP contribution >= 0.6 is 0 Å². The third-order valence-corrected chi connectivity index (χ3v) is 3.06. The first kappa shape index (κ1) is 7.97. The minimum Gasteiger partial charge on any atom is -0.304 e. The van der Waals surface area contributed by atoms with Gasteiger partial charge in [-0.1, -0.05) is 6.42 Å². The molecule has 0 unspecified atom stereocenters. The smallest absolute Gasteiger partial charge is 0.143 e. The third kappa shape index (κ3) is 1.05. The third-order valence-electron chi connectivity index (χ3n) is 3.06. The van der Waals surface area contributed by atoms with Crippen LogP contribution in [0, 0.1) is 5.82 Å². The van der Waals surface area contributed by atoms with Crippen LogP contribution in [-0.2, 0) is 0 Å². The molecule has 3 heteroatoms. The minimum absolute atomic E-state index is 0.0970. The van der Waals surface area contributed by atoms with Gasteiger partial charge in [-0.25, -0.2) is 9.37 Å². The quantitative estimate of drug-likeness (QED) is 0.675. The summed E-state index contributed by atoms with van der Waals surface area (Å²) in [5.41, 5.74) is 1.68. The molecule has 0 atom stereocenters. The Morgan fingerprint density at radius 3 is 3.00 bits per heavy atom. The van der Waals surface area contributed by atoms with Gasteiger partial charge in [-0.3, -0.25) is 0 Å². The molecule has 0 spiro atoms. The molecule has 2 nitrogen and oxygen atoms in total. The molecule has 1 aliphatic rings. The summed E-state index contributed by atoms with van der Waals surface area (Å²) in [5, 5.41) is 0. The Labute approximate surface area is 81.4 Å². The summed E-state index contributed by atoms with van der Waals surface area (Å²) in [6.45, 7) is 0. The first-order valence-corrected chi connectivity index (χ1v) is 4.97. The molecule has 0 N–H and O–H groups in total. The Morgan fingerprint density at radius 1 is 1.43 bits per heavy atom. The molecule has 72 valence electrons. The van der Waals surface area contributed by atoms with Gasteiger partial charge in [0.1, 0.15) is 11.5 Å². The Morgan fingerprint density at radius 2 is 2.29 bits per heavy atom. The molecule has 14 heavy (non-hydrogen) atoms. The molecule has 0 amide bonds. The van der Waals surface area contributed by atoms with Crippen LogP contribution in [0.15, 0.2) is 24.7 Å². The van der Waals surface area contributed by atoms with E-state index < -0.39 is 0 Å². The van der Waals surface area contributed by atoms with E-state index in [4.69, 9.17) is 0 Å². The van der Waals surface area contributed by atoms with Crippen LogP contribution < -0.4 is 0 Å². The van der Waals surface area contributed by atoms with Crippen molar-refractivity contribution >= 4 is 5.65 Å². The Hall–Kier alpha value is -1.38. The normalized spacial score (nSPS) is 17.2. The monoisotopic (exact) mass is 190 g/mol. The highest BCUT2D eigenvalue weighted by atomic mass is 19.1. The van der Waals surface area contributed by atoms with Crippen LogP contribution in [0.1, 0.15) is 30.7 Å². The lowest BCUT2D eigenvalue weighted by atomic mass is 9.80. The van der Waals surface area contributed by atoms with E-state index in [2.05, 4.69) is 4.98 Å². The van der Waals surface area contributed by atoms with E-state index in [9.17, 15) is 4.39 Å². The van der Waals surface area contributed by atoms with Crippen LogP contribution in [0.4, 0.5) is 4.39 Å². The van der Waals surface area contributed by atoms with Gasteiger partial charge in [-0.2, -0.15) is 0 Å². The predicted molar refractivity (Wildman–Crippen MR) is 51.7 cm³/mol. The molecule has 0 aromatic carbocycles. The van der Waals surface area contributed by atoms with Gasteiger partial charge < -0.3 is 4.40 Å². The molecule has 0 radical (unpaired) electrons. The predicted octanol–water partition coefficient (Wildman–Crippen LogP) is 2.74. The van der Waals surface area contributed by atoms with Crippen LogP contribution in [0.5, 0.6) is 0 Å². The highest BCUT2D eigenvalue weighted by molar-refractivity contribution is 5.43. The number of nitrogens with zero attached hydrogens (tertiary/aromatic N) is 2. The van der Waals surface area contributed by atoms with E-state index in [1.165, 1.54) is 12.6 Å². The summed E-state index contributed by atoms with van der Waals surface area (Å²) < 4.78 is 15.3. The van der Waals surface area contributed by atoms with Gasteiger partial charge in [0.25, 0.3) is 0 Å². The summed E-state index contributed by atoms with van der Waals surface area (Å²) in [6.07, 6.45) is 8.45. The minimum atomic E-state index is -0.0970. The SMILES string of the molecule is Fc1cn2ccnc2cc1C1CCC1. The Balaban J connectivity index is 2.16. The van der Waals surface area contributed by atoms with Crippen molar-refractivity contribution in [3.63, 3.8) is 0 Å². The van der Waals surface area contributed by atoms with Gasteiger partial charge in [0.2, 0.25) is 0 Å². The maximum absolute atomic E-state index is 13.6. The van der Waals surface area contributed by atoms with Gasteiger partial charge in [-0.15, -0.1) is 0 Å². The van der Waals surface area contributed by atoms with Crippen molar-refractivity contribution in [2.45, 2.75) is 25.2 Å². The van der Waals surface area contributed by atoms with Crippen molar-refractivity contribution in [1.29, 1.82) is 0 Å². The summed E-state index contributed by atoms with van der Waals surface area (Å²) in [5.74, 6) is 0.330. The topological polar surface area (TPSA) is 17.3 Å². The van der Waals surface area contributed by atoms with E-state index >= 15 is 0 Å². The maximum atomic E-state index is 13.6. The van der Waals surface area contributed by atoms with Gasteiger partial charge in [0.05, 0.1) is 0 Å². The summed E-state index contributed by atoms with van der Waals surface area (Å²) in [4.78, 5) is 4.16. The van der Waals surface area contributed by atoms with E-state index in [0.29, 0.717) is 5.92 Å². The number of imidazole rings is 1. The van der Waals surface area contributed by atoms with E-state index in [0.717, 1.165) is 24.1 Å². The lowest BCUT2D eigenvalue weighted by molar-refractivity contribution is 0.403. The fourth-order valence-electron chi connectivity index (χ4n) is 1.98. The first-order chi connectivity index (χ1) is 6.84. The van der Waals surface area contributed by atoms with Crippen molar-refractivity contribution in [3.05, 3.63) is 36.0 Å². The molecule has 0 bridgehead atoms. The van der Waals surface area contributed by atoms with Gasteiger partial charge in [-0.05, 0) is 30.4 Å². The van der Waals surface area contributed by atoms with Crippen molar-refractivity contribution in [1.82, 2.24) is 9.38 Å². The second kappa shape index (κ2) is 2.80. The molecular formula is C11H11FN2. The van der Waals surface area contributed by atoms with Gasteiger partial charge in [0.15, 0.2) is 0 Å². The van der Waals surface area contributed by atoms with Crippen LogP contribution in [0.3, 0.4) is 0 Å². The molecule has 1 aliphatic carbocycles. The molecule has 2 aromatic rings. The first-order valence-electron chi connectivity index (χ1n) is 4.97. The maximum Gasteiger partial charge on any atom is 0.143 e. The zero-order chi connectivity index (χ0) is 9.54. The second-order valence-corrected chi connectivity index (χ2v) is 3.90. The number of hydrogen-bond donors (Lipinski definition) is 0. The lowest BCUT2D eigenvalue weighted by Crippen LogP contribution is -2.11. The largest absolute Gasteiger partial charge is 0.304 e. The molecule has 3 rings (SSSR count). The fraction of sp³-hybridized carbons (Fsp3) is 0.364. The average Bonchev–Trinajstić information content (AvgIpc) is 2.48. The van der Waals surface area contributed by atoms with Crippen molar-refractivity contribution in [2.75, 3.05) is 0 Å². The number of fused-ring (bicyclic) bond motifs is 1. The summed E-state index contributed by atoms with van der Waals surface area (Å²) in [6, 6.07) is 1.87. The van der Waals surface area contributed by atoms with Crippen LogP contribution in [0.25, 0.3) is 5.65 Å². The fourth-order valence-corrected chi connectivity index (χ4v) is 1.98. The van der Waals surface area contributed by atoms with E-state index in [-0.39, 0.29) is 5.82 Å². The molecule has 2 aromatic heterocycles. The molecule has 0 aliphatic heterocycles. The van der Waals surface area contributed by atoms with Crippen LogP contribution in [-0.4, -0.2) is 9.38 Å². The number of aromatic nitrogens is 2. The molecular weight excluding hydrogens is 179 g/mol. The van der Waals surface area contributed by atoms with Crippen molar-refractivity contribution in [3.8, 4) is 0 Å². The number of rotatable bonds is 1. The van der Waals surface area contributed by atoms with E-state index in [1.807, 2.05) is 6.07 Å². The standard InChI is InChI=1S/C11H11FN2/c12-10-7-14-5-4-13-11(14)6-9(10)8-2-1-3-8/h4-8H,1-3H2. The zero-order valence-corrected chi connectivity index (χ0v) is 7.78. The Bertz CT molecular complexity index is 471. The van der Waals surface area contributed by atoms with Crippen molar-refractivity contribution in [2.24, 2.45) is 0 Å². The zero-order valence-electron chi connectivity index (χ0n) is 7.78. The Kier molecular flexibility index (Phi) is 1.60. The van der Waals surface area contributed by atoms with Gasteiger partial charge in [0, 0.05) is 18.6 Å². The lowest BCUT2D eigenvalue weighted by Gasteiger charge is -2.26. The molecule has 0 saturated heterocycles. The van der Waals surface area contributed by atoms with E-state index in [1.54, 1.807) is 16.8 Å². The second-order valence-electron chi connectivity index (χ2n) is 3.90. The summed E-state index contributed by atoms with van der Waals surface area (Å²) in [7, 11) is 0. The van der Waals surface area contributed by atoms with Gasteiger partial charge >= 0.3 is 0 Å². The number of pyridine rings is 1. The number of halogens is 1. The number of hydrogen-bond acceptors (Lipinski definition) is 1. The van der Waals surface area contributed by atoms with Crippen LogP contribution in [0.2, 0.25) is 0 Å². The average molecular weight is 190 g/mol. The highest BCUT2D eigenvalue weighted by Gasteiger charge is 2.23. The summed E-state index contributed by atoms with van der Waals surface area (Å²) >= 11 is 0. The highest BCUT2D eigenvalue weighted by Crippen LogP contribution is 2.37. The molecule has 1 fully saturated rings.